The first-order valence-corrected chi connectivity index (χ1v) is 7.30. The maximum absolute atomic E-state index is 5.40. The van der Waals surface area contributed by atoms with Crippen LogP contribution in [0.25, 0.3) is 5.69 Å². The van der Waals surface area contributed by atoms with E-state index >= 15 is 0 Å². The number of rotatable bonds is 3. The Morgan fingerprint density at radius 2 is 2.15 bits per heavy atom. The Morgan fingerprint density at radius 3 is 2.90 bits per heavy atom. The Hall–Kier alpha value is -1.66. The fourth-order valence-corrected chi connectivity index (χ4v) is 2.65. The van der Waals surface area contributed by atoms with Gasteiger partial charge in [0.2, 0.25) is 10.7 Å². The van der Waals surface area contributed by atoms with E-state index < -0.39 is 0 Å². The van der Waals surface area contributed by atoms with Crippen molar-refractivity contribution in [3.8, 4) is 5.69 Å². The first-order chi connectivity index (χ1) is 9.79. The average Bonchev–Trinajstić information content (AvgIpc) is 2.90. The van der Waals surface area contributed by atoms with Gasteiger partial charge in [0, 0.05) is 13.1 Å². The average molecular weight is 290 g/mol. The van der Waals surface area contributed by atoms with Crippen LogP contribution < -0.4 is 4.90 Å². The predicted octanol–water partition coefficient (Wildman–Crippen LogP) is 2.33. The molecule has 5 nitrogen and oxygen atoms in total. The quantitative estimate of drug-likeness (QED) is 0.881. The lowest BCUT2D eigenvalue weighted by atomic mass is 10.1. The molecule has 106 valence electrons. The highest BCUT2D eigenvalue weighted by molar-refractivity contribution is 7.71. The van der Waals surface area contributed by atoms with E-state index in [0.29, 0.717) is 4.77 Å². The molecule has 20 heavy (non-hydrogen) atoms. The molecule has 1 N–H and O–H groups in total. The third-order valence-corrected chi connectivity index (χ3v) is 3.80. The summed E-state index contributed by atoms with van der Waals surface area (Å²) in [5.41, 5.74) is 2.35. The number of benzene rings is 1. The topological polar surface area (TPSA) is 46.1 Å². The minimum absolute atomic E-state index is 0.625. The van der Waals surface area contributed by atoms with E-state index in [-0.39, 0.29) is 0 Å². The highest BCUT2D eigenvalue weighted by atomic mass is 32.1. The molecule has 2 aromatic rings. The summed E-state index contributed by atoms with van der Waals surface area (Å²) in [4.78, 5) is 2.20. The van der Waals surface area contributed by atoms with Crippen molar-refractivity contribution in [1.82, 2.24) is 14.8 Å². The zero-order valence-corrected chi connectivity index (χ0v) is 12.3. The molecule has 0 bridgehead atoms. The Balaban J connectivity index is 2.03. The van der Waals surface area contributed by atoms with Gasteiger partial charge in [-0.2, -0.15) is 0 Å². The third kappa shape index (κ3) is 2.48. The number of hydrogen-bond acceptors (Lipinski definition) is 4. The van der Waals surface area contributed by atoms with Crippen molar-refractivity contribution in [2.75, 3.05) is 31.2 Å². The van der Waals surface area contributed by atoms with E-state index in [4.69, 9.17) is 17.0 Å². The Kier molecular flexibility index (Phi) is 3.84. The second-order valence-corrected chi connectivity index (χ2v) is 5.17. The van der Waals surface area contributed by atoms with Crippen LogP contribution >= 0.6 is 12.2 Å². The molecule has 1 aliphatic rings. The van der Waals surface area contributed by atoms with Crippen LogP contribution in [0.5, 0.6) is 0 Å². The lowest BCUT2D eigenvalue weighted by Gasteiger charge is -2.27. The molecule has 2 heterocycles. The Morgan fingerprint density at radius 1 is 1.35 bits per heavy atom. The first-order valence-electron chi connectivity index (χ1n) is 6.89. The minimum Gasteiger partial charge on any atom is -0.378 e. The molecular formula is C14H18N4OS. The van der Waals surface area contributed by atoms with Gasteiger partial charge in [0.05, 0.1) is 18.9 Å². The molecule has 3 rings (SSSR count). The molecule has 1 aromatic carbocycles. The van der Waals surface area contributed by atoms with Crippen LogP contribution in [-0.2, 0) is 11.2 Å². The standard InChI is InChI=1S/C14H18N4OS/c1-2-11-4-3-5-12(10-11)18-13(15-16-14(18)20)17-6-8-19-9-7-17/h3-5,10H,2,6-9H2,1H3,(H,16,20). The number of hydrogen-bond donors (Lipinski definition) is 1. The van der Waals surface area contributed by atoms with Crippen LogP contribution in [0.4, 0.5) is 5.95 Å². The van der Waals surface area contributed by atoms with E-state index in [0.717, 1.165) is 44.4 Å². The highest BCUT2D eigenvalue weighted by Gasteiger charge is 2.18. The predicted molar refractivity (Wildman–Crippen MR) is 81.2 cm³/mol. The van der Waals surface area contributed by atoms with E-state index in [2.05, 4.69) is 46.3 Å². The fourth-order valence-electron chi connectivity index (χ4n) is 2.41. The monoisotopic (exact) mass is 290 g/mol. The normalized spacial score (nSPS) is 15.6. The fraction of sp³-hybridized carbons (Fsp3) is 0.429. The zero-order valence-electron chi connectivity index (χ0n) is 11.5. The SMILES string of the molecule is CCc1cccc(-n2c(N3CCOCC3)n[nH]c2=S)c1. The van der Waals surface area contributed by atoms with Gasteiger partial charge in [0.1, 0.15) is 0 Å². The first kappa shape index (κ1) is 13.3. The number of nitrogens with one attached hydrogen (secondary N) is 1. The third-order valence-electron chi connectivity index (χ3n) is 3.53. The number of nitrogens with zero attached hydrogens (tertiary/aromatic N) is 3. The van der Waals surface area contributed by atoms with Crippen LogP contribution in [0.3, 0.4) is 0 Å². The van der Waals surface area contributed by atoms with Crippen LogP contribution in [0.2, 0.25) is 0 Å². The summed E-state index contributed by atoms with van der Waals surface area (Å²) in [5, 5.41) is 7.29. The smallest absolute Gasteiger partial charge is 0.230 e. The van der Waals surface area contributed by atoms with Gasteiger partial charge in [-0.05, 0) is 36.3 Å². The maximum Gasteiger partial charge on any atom is 0.230 e. The van der Waals surface area contributed by atoms with Crippen LogP contribution in [-0.4, -0.2) is 41.1 Å². The maximum atomic E-state index is 5.40. The van der Waals surface area contributed by atoms with Crippen molar-refractivity contribution in [2.45, 2.75) is 13.3 Å². The molecule has 0 radical (unpaired) electrons. The van der Waals surface area contributed by atoms with Crippen LogP contribution in [0.15, 0.2) is 24.3 Å². The van der Waals surface area contributed by atoms with Gasteiger partial charge in [-0.25, -0.2) is 5.10 Å². The summed E-state index contributed by atoms with van der Waals surface area (Å²) in [6.45, 7) is 5.29. The number of ether oxygens (including phenoxy) is 1. The lowest BCUT2D eigenvalue weighted by molar-refractivity contribution is 0.122. The van der Waals surface area contributed by atoms with Crippen molar-refractivity contribution >= 4 is 18.2 Å². The number of aryl methyl sites for hydroxylation is 1. The molecule has 0 aliphatic carbocycles. The summed E-state index contributed by atoms with van der Waals surface area (Å²) in [5.74, 6) is 0.867. The van der Waals surface area contributed by atoms with Crippen LogP contribution in [0, 0.1) is 4.77 Å². The molecule has 0 amide bonds. The lowest BCUT2D eigenvalue weighted by Crippen LogP contribution is -2.37. The zero-order chi connectivity index (χ0) is 13.9. The summed E-state index contributed by atoms with van der Waals surface area (Å²) in [6.07, 6.45) is 1.01. The molecule has 1 aromatic heterocycles. The molecule has 1 fully saturated rings. The Bertz CT molecular complexity index is 643. The number of morpholine rings is 1. The van der Waals surface area contributed by atoms with E-state index in [1.54, 1.807) is 0 Å². The minimum atomic E-state index is 0.625. The van der Waals surface area contributed by atoms with Gasteiger partial charge in [-0.1, -0.05) is 19.1 Å². The van der Waals surface area contributed by atoms with Gasteiger partial charge < -0.3 is 9.64 Å². The number of aromatic amines is 1. The van der Waals surface area contributed by atoms with Gasteiger partial charge in [0.15, 0.2) is 0 Å². The highest BCUT2D eigenvalue weighted by Crippen LogP contribution is 2.20. The van der Waals surface area contributed by atoms with Crippen molar-refractivity contribution in [3.05, 3.63) is 34.6 Å². The summed E-state index contributed by atoms with van der Waals surface area (Å²) in [6, 6.07) is 8.41. The van der Waals surface area contributed by atoms with Gasteiger partial charge >= 0.3 is 0 Å². The van der Waals surface area contributed by atoms with Crippen molar-refractivity contribution in [3.63, 3.8) is 0 Å². The van der Waals surface area contributed by atoms with Gasteiger partial charge in [0.25, 0.3) is 0 Å². The molecule has 0 saturated carbocycles. The molecule has 1 saturated heterocycles. The van der Waals surface area contributed by atoms with Crippen molar-refractivity contribution in [2.24, 2.45) is 0 Å². The van der Waals surface area contributed by atoms with E-state index in [9.17, 15) is 0 Å². The number of H-pyrrole nitrogens is 1. The van der Waals surface area contributed by atoms with Crippen LogP contribution in [0.1, 0.15) is 12.5 Å². The van der Waals surface area contributed by atoms with Crippen molar-refractivity contribution in [1.29, 1.82) is 0 Å². The second-order valence-electron chi connectivity index (χ2n) is 4.79. The van der Waals surface area contributed by atoms with Gasteiger partial charge in [-0.3, -0.25) is 4.57 Å². The number of aromatic nitrogens is 3. The molecular weight excluding hydrogens is 272 g/mol. The van der Waals surface area contributed by atoms with Crippen molar-refractivity contribution < 1.29 is 4.74 Å². The molecule has 6 heteroatoms. The second kappa shape index (κ2) is 5.76. The molecule has 0 spiro atoms. The molecule has 0 unspecified atom stereocenters. The van der Waals surface area contributed by atoms with Gasteiger partial charge in [-0.15, -0.1) is 5.10 Å². The Labute approximate surface area is 123 Å². The largest absolute Gasteiger partial charge is 0.378 e. The summed E-state index contributed by atoms with van der Waals surface area (Å²) < 4.78 is 8.02. The molecule has 1 aliphatic heterocycles. The van der Waals surface area contributed by atoms with E-state index in [1.807, 2.05) is 4.57 Å². The number of anilines is 1. The summed E-state index contributed by atoms with van der Waals surface area (Å²) >= 11 is 5.39. The van der Waals surface area contributed by atoms with E-state index in [1.165, 1.54) is 5.56 Å². The molecule has 0 atom stereocenters. The summed E-state index contributed by atoms with van der Waals surface area (Å²) in [7, 11) is 0.